The second kappa shape index (κ2) is 6.44. The SMILES string of the molecule is CC1(C)CCSc2ccc(C=Cc3ccc(C(=O)O)cc3F)cc21. The van der Waals surface area contributed by atoms with Crippen molar-refractivity contribution in [2.24, 2.45) is 0 Å². The van der Waals surface area contributed by atoms with Crippen LogP contribution in [-0.4, -0.2) is 16.8 Å². The number of benzene rings is 2. The van der Waals surface area contributed by atoms with Crippen molar-refractivity contribution in [1.29, 1.82) is 0 Å². The normalized spacial score (nSPS) is 16.1. The van der Waals surface area contributed by atoms with Crippen molar-refractivity contribution >= 4 is 29.9 Å². The summed E-state index contributed by atoms with van der Waals surface area (Å²) in [5.41, 5.74) is 2.84. The number of rotatable bonds is 3. The molecule has 1 aliphatic heterocycles. The number of fused-ring (bicyclic) bond motifs is 1. The highest BCUT2D eigenvalue weighted by atomic mass is 32.2. The minimum Gasteiger partial charge on any atom is -0.478 e. The molecule has 0 amide bonds. The molecule has 0 radical (unpaired) electrons. The fourth-order valence-electron chi connectivity index (χ4n) is 2.84. The zero-order valence-corrected chi connectivity index (χ0v) is 14.5. The molecule has 24 heavy (non-hydrogen) atoms. The molecular weight excluding hydrogens is 323 g/mol. The van der Waals surface area contributed by atoms with Crippen LogP contribution >= 0.6 is 11.8 Å². The molecule has 2 nitrogen and oxygen atoms in total. The van der Waals surface area contributed by atoms with Gasteiger partial charge in [0.05, 0.1) is 5.56 Å². The van der Waals surface area contributed by atoms with E-state index in [1.54, 1.807) is 6.08 Å². The molecular formula is C20H19FO2S. The van der Waals surface area contributed by atoms with Crippen LogP contribution in [0.25, 0.3) is 12.2 Å². The Hall–Kier alpha value is -2.07. The molecule has 0 spiro atoms. The van der Waals surface area contributed by atoms with Crippen LogP contribution in [0.1, 0.15) is 47.3 Å². The molecule has 0 aliphatic carbocycles. The molecule has 3 rings (SSSR count). The predicted molar refractivity (Wildman–Crippen MR) is 97.1 cm³/mol. The Morgan fingerprint density at radius 3 is 2.71 bits per heavy atom. The Balaban J connectivity index is 1.89. The van der Waals surface area contributed by atoms with E-state index < -0.39 is 11.8 Å². The summed E-state index contributed by atoms with van der Waals surface area (Å²) in [6.45, 7) is 4.51. The van der Waals surface area contributed by atoms with Crippen LogP contribution in [0.15, 0.2) is 41.3 Å². The van der Waals surface area contributed by atoms with Crippen LogP contribution in [-0.2, 0) is 5.41 Å². The van der Waals surface area contributed by atoms with Gasteiger partial charge >= 0.3 is 5.97 Å². The summed E-state index contributed by atoms with van der Waals surface area (Å²) in [5, 5.41) is 8.88. The molecule has 0 unspecified atom stereocenters. The standard InChI is InChI=1S/C20H19FO2S/c1-20(2)9-10-24-18-8-4-13(11-16(18)20)3-5-14-6-7-15(19(22)23)12-17(14)21/h3-8,11-12H,9-10H2,1-2H3,(H,22,23). The summed E-state index contributed by atoms with van der Waals surface area (Å²) < 4.78 is 14.0. The smallest absolute Gasteiger partial charge is 0.335 e. The summed E-state index contributed by atoms with van der Waals surface area (Å²) in [5.74, 6) is -0.519. The first-order valence-corrected chi connectivity index (χ1v) is 8.84. The first-order chi connectivity index (χ1) is 11.4. The van der Waals surface area contributed by atoms with Crippen molar-refractivity contribution in [2.45, 2.75) is 30.6 Å². The molecule has 124 valence electrons. The zero-order valence-electron chi connectivity index (χ0n) is 13.7. The highest BCUT2D eigenvalue weighted by molar-refractivity contribution is 7.99. The van der Waals surface area contributed by atoms with Crippen LogP contribution in [0.5, 0.6) is 0 Å². The second-order valence-corrected chi connectivity index (χ2v) is 7.75. The van der Waals surface area contributed by atoms with E-state index in [0.717, 1.165) is 23.8 Å². The van der Waals surface area contributed by atoms with Gasteiger partial charge in [0, 0.05) is 10.5 Å². The lowest BCUT2D eigenvalue weighted by molar-refractivity contribution is 0.0696. The van der Waals surface area contributed by atoms with Gasteiger partial charge in [0.2, 0.25) is 0 Å². The van der Waals surface area contributed by atoms with Crippen LogP contribution in [0.4, 0.5) is 4.39 Å². The Bertz CT molecular complexity index is 824. The van der Waals surface area contributed by atoms with Crippen molar-refractivity contribution in [3.8, 4) is 0 Å². The number of carboxylic acids is 1. The van der Waals surface area contributed by atoms with Gasteiger partial charge in [0.15, 0.2) is 0 Å². The van der Waals surface area contributed by atoms with Crippen LogP contribution < -0.4 is 0 Å². The fourth-order valence-corrected chi connectivity index (χ4v) is 4.33. The first-order valence-electron chi connectivity index (χ1n) is 7.85. The first kappa shape index (κ1) is 16.8. The zero-order chi connectivity index (χ0) is 17.3. The van der Waals surface area contributed by atoms with Gasteiger partial charge < -0.3 is 5.11 Å². The topological polar surface area (TPSA) is 37.3 Å². The monoisotopic (exact) mass is 342 g/mol. The Labute approximate surface area is 145 Å². The number of hydrogen-bond acceptors (Lipinski definition) is 2. The van der Waals surface area contributed by atoms with Crippen molar-refractivity contribution in [1.82, 2.24) is 0 Å². The Morgan fingerprint density at radius 1 is 1.21 bits per heavy atom. The third-order valence-corrected chi connectivity index (χ3v) is 5.50. The minimum absolute atomic E-state index is 0.0443. The largest absolute Gasteiger partial charge is 0.478 e. The summed E-state index contributed by atoms with van der Waals surface area (Å²) in [4.78, 5) is 12.2. The van der Waals surface area contributed by atoms with Crippen molar-refractivity contribution in [3.05, 3.63) is 64.5 Å². The van der Waals surface area contributed by atoms with Crippen LogP contribution in [0.2, 0.25) is 0 Å². The van der Waals surface area contributed by atoms with Gasteiger partial charge in [0.1, 0.15) is 5.82 Å². The van der Waals surface area contributed by atoms with Crippen LogP contribution in [0.3, 0.4) is 0 Å². The number of hydrogen-bond donors (Lipinski definition) is 1. The number of halogens is 1. The average molecular weight is 342 g/mol. The Kier molecular flexibility index (Phi) is 4.50. The average Bonchev–Trinajstić information content (AvgIpc) is 2.53. The summed E-state index contributed by atoms with van der Waals surface area (Å²) in [6.07, 6.45) is 4.70. The van der Waals surface area contributed by atoms with E-state index in [0.29, 0.717) is 5.56 Å². The van der Waals surface area contributed by atoms with Crippen molar-refractivity contribution in [3.63, 3.8) is 0 Å². The van der Waals surface area contributed by atoms with Gasteiger partial charge in [-0.05, 0) is 46.9 Å². The molecule has 4 heteroatoms. The second-order valence-electron chi connectivity index (χ2n) is 6.61. The van der Waals surface area contributed by atoms with Gasteiger partial charge in [-0.15, -0.1) is 11.8 Å². The quantitative estimate of drug-likeness (QED) is 0.752. The molecule has 0 bridgehead atoms. The third kappa shape index (κ3) is 3.39. The van der Waals surface area contributed by atoms with E-state index in [1.165, 1.54) is 22.6 Å². The van der Waals surface area contributed by atoms with E-state index in [-0.39, 0.29) is 11.0 Å². The maximum absolute atomic E-state index is 14.0. The lowest BCUT2D eigenvalue weighted by Gasteiger charge is -2.32. The molecule has 1 heterocycles. The number of carboxylic acid groups (broad SMARTS) is 1. The van der Waals surface area contributed by atoms with E-state index in [9.17, 15) is 9.18 Å². The van der Waals surface area contributed by atoms with Gasteiger partial charge in [-0.3, -0.25) is 0 Å². The lowest BCUT2D eigenvalue weighted by Crippen LogP contribution is -2.22. The maximum atomic E-state index is 14.0. The summed E-state index contributed by atoms with van der Waals surface area (Å²) in [6, 6.07) is 10.3. The predicted octanol–water partition coefficient (Wildman–Crippen LogP) is 5.47. The summed E-state index contributed by atoms with van der Waals surface area (Å²) in [7, 11) is 0. The molecule has 1 aliphatic rings. The van der Waals surface area contributed by atoms with Gasteiger partial charge in [-0.25, -0.2) is 9.18 Å². The Morgan fingerprint density at radius 2 is 2.00 bits per heavy atom. The maximum Gasteiger partial charge on any atom is 0.335 e. The molecule has 1 N–H and O–H groups in total. The van der Waals surface area contributed by atoms with Crippen molar-refractivity contribution in [2.75, 3.05) is 5.75 Å². The van der Waals surface area contributed by atoms with E-state index in [2.05, 4.69) is 26.0 Å². The molecule has 0 saturated heterocycles. The molecule has 2 aromatic carbocycles. The molecule has 0 aromatic heterocycles. The molecule has 0 fully saturated rings. The van der Waals surface area contributed by atoms with Gasteiger partial charge in [0.25, 0.3) is 0 Å². The fraction of sp³-hybridized carbons (Fsp3) is 0.250. The molecule has 0 saturated carbocycles. The number of carbonyl (C=O) groups is 1. The number of thioether (sulfide) groups is 1. The van der Waals surface area contributed by atoms with Crippen LogP contribution in [0, 0.1) is 5.82 Å². The van der Waals surface area contributed by atoms with Gasteiger partial charge in [-0.1, -0.05) is 44.2 Å². The highest BCUT2D eigenvalue weighted by Gasteiger charge is 2.27. The lowest BCUT2D eigenvalue weighted by atomic mass is 9.81. The summed E-state index contributed by atoms with van der Waals surface area (Å²) >= 11 is 1.88. The van der Waals surface area contributed by atoms with E-state index in [1.807, 2.05) is 23.9 Å². The van der Waals surface area contributed by atoms with E-state index in [4.69, 9.17) is 5.11 Å². The third-order valence-electron chi connectivity index (χ3n) is 4.42. The van der Waals surface area contributed by atoms with Gasteiger partial charge in [-0.2, -0.15) is 0 Å². The highest BCUT2D eigenvalue weighted by Crippen LogP contribution is 2.41. The molecule has 0 atom stereocenters. The van der Waals surface area contributed by atoms with Crippen molar-refractivity contribution < 1.29 is 14.3 Å². The minimum atomic E-state index is -1.13. The number of aromatic carboxylic acids is 1. The molecule has 2 aromatic rings. The van der Waals surface area contributed by atoms with E-state index >= 15 is 0 Å².